The summed E-state index contributed by atoms with van der Waals surface area (Å²) in [4.78, 5) is 12.0. The van der Waals surface area contributed by atoms with Gasteiger partial charge in [0.2, 0.25) is 0 Å². The van der Waals surface area contributed by atoms with Crippen LogP contribution in [0.25, 0.3) is 11.3 Å². The Labute approximate surface area is 105 Å². The maximum Gasteiger partial charge on any atom is 0.258 e. The maximum atomic E-state index is 12.0. The van der Waals surface area contributed by atoms with Gasteiger partial charge in [-0.05, 0) is 11.6 Å². The highest BCUT2D eigenvalue weighted by Gasteiger charge is 2.26. The summed E-state index contributed by atoms with van der Waals surface area (Å²) in [5.74, 6) is -0.141. The third-order valence-corrected chi connectivity index (χ3v) is 3.03. The van der Waals surface area contributed by atoms with Crippen molar-refractivity contribution >= 4 is 22.9 Å². The van der Waals surface area contributed by atoms with Gasteiger partial charge >= 0.3 is 0 Å². The number of para-hydroxylation sites is 1. The Kier molecular flexibility index (Phi) is 2.38. The Morgan fingerprint density at radius 1 is 0.944 bits per heavy atom. The molecule has 3 N–H and O–H groups in total. The summed E-state index contributed by atoms with van der Waals surface area (Å²) in [6.07, 6.45) is 0. The van der Waals surface area contributed by atoms with Crippen molar-refractivity contribution in [3.8, 4) is 0 Å². The summed E-state index contributed by atoms with van der Waals surface area (Å²) in [7, 11) is 0. The van der Waals surface area contributed by atoms with E-state index in [-0.39, 0.29) is 5.91 Å². The molecule has 0 atom stereocenters. The fourth-order valence-electron chi connectivity index (χ4n) is 2.15. The number of fused-ring (bicyclic) bond motifs is 1. The van der Waals surface area contributed by atoms with Gasteiger partial charge < -0.3 is 11.1 Å². The fourth-order valence-corrected chi connectivity index (χ4v) is 2.15. The van der Waals surface area contributed by atoms with E-state index < -0.39 is 0 Å². The van der Waals surface area contributed by atoms with Crippen LogP contribution in [-0.2, 0) is 4.79 Å². The van der Waals surface area contributed by atoms with E-state index in [2.05, 4.69) is 5.32 Å². The molecule has 0 radical (unpaired) electrons. The highest BCUT2D eigenvalue weighted by Crippen LogP contribution is 2.34. The molecule has 1 aliphatic rings. The molecule has 0 bridgehead atoms. The highest BCUT2D eigenvalue weighted by molar-refractivity contribution is 6.36. The summed E-state index contributed by atoms with van der Waals surface area (Å²) >= 11 is 0. The number of hydrogen-bond acceptors (Lipinski definition) is 2. The predicted molar refractivity (Wildman–Crippen MR) is 72.5 cm³/mol. The first-order valence-electron chi connectivity index (χ1n) is 5.73. The van der Waals surface area contributed by atoms with Crippen LogP contribution in [-0.4, -0.2) is 5.91 Å². The molecule has 0 spiro atoms. The van der Waals surface area contributed by atoms with Crippen molar-refractivity contribution in [1.29, 1.82) is 0 Å². The number of amides is 1. The molecule has 0 aliphatic carbocycles. The van der Waals surface area contributed by atoms with Crippen LogP contribution in [0.4, 0.5) is 5.69 Å². The zero-order chi connectivity index (χ0) is 12.5. The van der Waals surface area contributed by atoms with Gasteiger partial charge in [-0.3, -0.25) is 4.79 Å². The summed E-state index contributed by atoms with van der Waals surface area (Å²) < 4.78 is 0. The number of rotatable bonds is 1. The van der Waals surface area contributed by atoms with Gasteiger partial charge in [0, 0.05) is 11.3 Å². The second kappa shape index (κ2) is 4.04. The molecule has 0 fully saturated rings. The molecule has 1 heterocycles. The number of carbonyl (C=O) groups excluding carboxylic acids is 1. The van der Waals surface area contributed by atoms with Crippen LogP contribution in [0.2, 0.25) is 0 Å². The molecule has 18 heavy (non-hydrogen) atoms. The zero-order valence-corrected chi connectivity index (χ0v) is 9.68. The molecule has 1 aliphatic heterocycles. The van der Waals surface area contributed by atoms with E-state index in [0.29, 0.717) is 11.3 Å². The second-order valence-electron chi connectivity index (χ2n) is 4.15. The highest BCUT2D eigenvalue weighted by atomic mass is 16.2. The fraction of sp³-hybridized carbons (Fsp3) is 0. The van der Waals surface area contributed by atoms with Crippen molar-refractivity contribution < 1.29 is 4.79 Å². The first-order chi connectivity index (χ1) is 8.77. The quantitative estimate of drug-likeness (QED) is 0.747. The molecule has 0 unspecified atom stereocenters. The smallest absolute Gasteiger partial charge is 0.258 e. The van der Waals surface area contributed by atoms with Gasteiger partial charge in [0.15, 0.2) is 0 Å². The van der Waals surface area contributed by atoms with Crippen LogP contribution in [0, 0.1) is 0 Å². The lowest BCUT2D eigenvalue weighted by molar-refractivity contribution is -0.110. The van der Waals surface area contributed by atoms with E-state index in [4.69, 9.17) is 5.73 Å². The average molecular weight is 236 g/mol. The standard InChI is InChI=1S/C15H12N2O/c16-14(10-6-2-1-3-7-10)13-11-8-4-5-9-12(11)17-15(13)18/h1-9H,16H2,(H,17,18). The molecular formula is C15H12N2O. The number of nitrogens with two attached hydrogens (primary N) is 1. The summed E-state index contributed by atoms with van der Waals surface area (Å²) in [5.41, 5.74) is 9.73. The maximum absolute atomic E-state index is 12.0. The number of carbonyl (C=O) groups is 1. The molecule has 1 amide bonds. The third kappa shape index (κ3) is 1.57. The second-order valence-corrected chi connectivity index (χ2v) is 4.15. The Morgan fingerprint density at radius 2 is 1.61 bits per heavy atom. The monoisotopic (exact) mass is 236 g/mol. The van der Waals surface area contributed by atoms with Crippen LogP contribution in [0.1, 0.15) is 11.1 Å². The van der Waals surface area contributed by atoms with Crippen molar-refractivity contribution in [3.05, 3.63) is 65.7 Å². The van der Waals surface area contributed by atoms with Crippen LogP contribution in [0.3, 0.4) is 0 Å². The van der Waals surface area contributed by atoms with Gasteiger partial charge in [-0.25, -0.2) is 0 Å². The Morgan fingerprint density at radius 3 is 2.39 bits per heavy atom. The van der Waals surface area contributed by atoms with Crippen LogP contribution in [0.5, 0.6) is 0 Å². The Bertz CT molecular complexity index is 645. The van der Waals surface area contributed by atoms with E-state index in [1.165, 1.54) is 0 Å². The lowest BCUT2D eigenvalue weighted by Gasteiger charge is -2.05. The largest absolute Gasteiger partial charge is 0.398 e. The number of anilines is 1. The van der Waals surface area contributed by atoms with Crippen LogP contribution < -0.4 is 11.1 Å². The van der Waals surface area contributed by atoms with Crippen LogP contribution in [0.15, 0.2) is 54.6 Å². The van der Waals surface area contributed by atoms with Gasteiger partial charge in [0.05, 0.1) is 11.3 Å². The van der Waals surface area contributed by atoms with Crippen molar-refractivity contribution in [2.75, 3.05) is 5.32 Å². The van der Waals surface area contributed by atoms with E-state index in [0.717, 1.165) is 16.8 Å². The predicted octanol–water partition coefficient (Wildman–Crippen LogP) is 2.47. The molecular weight excluding hydrogens is 224 g/mol. The minimum Gasteiger partial charge on any atom is -0.398 e. The molecule has 0 saturated heterocycles. The minimum atomic E-state index is -0.141. The molecule has 3 heteroatoms. The van der Waals surface area contributed by atoms with Gasteiger partial charge in [-0.15, -0.1) is 0 Å². The summed E-state index contributed by atoms with van der Waals surface area (Å²) in [6, 6.07) is 17.1. The lowest BCUT2D eigenvalue weighted by Crippen LogP contribution is -2.09. The first kappa shape index (κ1) is 10.6. The van der Waals surface area contributed by atoms with E-state index in [9.17, 15) is 4.79 Å². The molecule has 0 aromatic heterocycles. The van der Waals surface area contributed by atoms with Gasteiger partial charge in [0.25, 0.3) is 5.91 Å². The van der Waals surface area contributed by atoms with Crippen molar-refractivity contribution in [3.63, 3.8) is 0 Å². The third-order valence-electron chi connectivity index (χ3n) is 3.03. The van der Waals surface area contributed by atoms with Crippen molar-refractivity contribution in [2.45, 2.75) is 0 Å². The normalized spacial score (nSPS) is 16.1. The van der Waals surface area contributed by atoms with Crippen LogP contribution >= 0.6 is 0 Å². The molecule has 2 aromatic rings. The molecule has 88 valence electrons. The van der Waals surface area contributed by atoms with E-state index in [1.54, 1.807) is 0 Å². The summed E-state index contributed by atoms with van der Waals surface area (Å²) in [6.45, 7) is 0. The van der Waals surface area contributed by atoms with Gasteiger partial charge in [-0.1, -0.05) is 48.5 Å². The lowest BCUT2D eigenvalue weighted by atomic mass is 10.0. The number of hydrogen-bond donors (Lipinski definition) is 2. The first-order valence-corrected chi connectivity index (χ1v) is 5.73. The Balaban J connectivity index is 2.20. The summed E-state index contributed by atoms with van der Waals surface area (Å²) in [5, 5.41) is 2.82. The van der Waals surface area contributed by atoms with Gasteiger partial charge in [-0.2, -0.15) is 0 Å². The number of benzene rings is 2. The van der Waals surface area contributed by atoms with Crippen molar-refractivity contribution in [2.24, 2.45) is 5.73 Å². The van der Waals surface area contributed by atoms with Gasteiger partial charge in [0.1, 0.15) is 0 Å². The average Bonchev–Trinajstić information content (AvgIpc) is 2.75. The SMILES string of the molecule is NC(=C1C(=O)Nc2ccccc21)c1ccccc1. The molecule has 2 aromatic carbocycles. The minimum absolute atomic E-state index is 0.141. The van der Waals surface area contributed by atoms with E-state index >= 15 is 0 Å². The van der Waals surface area contributed by atoms with E-state index in [1.807, 2.05) is 54.6 Å². The molecule has 3 rings (SSSR count). The Hall–Kier alpha value is -2.55. The van der Waals surface area contributed by atoms with Crippen molar-refractivity contribution in [1.82, 2.24) is 0 Å². The molecule has 0 saturated carbocycles. The topological polar surface area (TPSA) is 55.1 Å². The zero-order valence-electron chi connectivity index (χ0n) is 9.68. The number of nitrogens with one attached hydrogen (secondary N) is 1. The molecule has 3 nitrogen and oxygen atoms in total.